The van der Waals surface area contributed by atoms with Crippen molar-refractivity contribution in [2.75, 3.05) is 0 Å². The van der Waals surface area contributed by atoms with Gasteiger partial charge in [-0.2, -0.15) is 0 Å². The quantitative estimate of drug-likeness (QED) is 0.236. The second-order valence-electron chi connectivity index (χ2n) is 14.2. The van der Waals surface area contributed by atoms with E-state index in [0.29, 0.717) is 38.3 Å². The van der Waals surface area contributed by atoms with Gasteiger partial charge in [-0.25, -0.2) is 4.79 Å². The van der Waals surface area contributed by atoms with Crippen molar-refractivity contribution in [2.24, 2.45) is 5.41 Å². The molecule has 3 aliphatic rings. The Kier molecular flexibility index (Phi) is 8.82. The van der Waals surface area contributed by atoms with Crippen LogP contribution in [0.5, 0.6) is 0 Å². The second kappa shape index (κ2) is 11.0. The first-order valence-corrected chi connectivity index (χ1v) is 13.8. The zero-order valence-electron chi connectivity index (χ0n) is 24.6. The first-order chi connectivity index (χ1) is 17.8. The lowest BCUT2D eigenvalue weighted by Crippen LogP contribution is -2.65. The lowest BCUT2D eigenvalue weighted by Gasteiger charge is -2.47. The average molecular weight is 551 g/mol. The van der Waals surface area contributed by atoms with Gasteiger partial charge in [-0.15, -0.1) is 0 Å². The Morgan fingerprint density at radius 3 is 1.26 bits per heavy atom. The van der Waals surface area contributed by atoms with E-state index in [1.54, 1.807) is 0 Å². The van der Waals surface area contributed by atoms with E-state index in [-0.39, 0.29) is 47.2 Å². The van der Waals surface area contributed by atoms with Crippen LogP contribution in [0, 0.1) is 5.41 Å². The predicted octanol–water partition coefficient (Wildman–Crippen LogP) is 1.91. The maximum absolute atomic E-state index is 13.3. The molecule has 220 valence electrons. The van der Waals surface area contributed by atoms with Gasteiger partial charge in [0, 0.05) is 35.0 Å². The molecule has 4 amide bonds. The summed E-state index contributed by atoms with van der Waals surface area (Å²) < 4.78 is 12.4. The molecule has 39 heavy (non-hydrogen) atoms. The molecule has 3 fully saturated rings. The van der Waals surface area contributed by atoms with Gasteiger partial charge in [-0.3, -0.25) is 20.2 Å². The zero-order chi connectivity index (χ0) is 29.4. The Hall–Kier alpha value is -2.21. The normalized spacial score (nSPS) is 27.6. The van der Waals surface area contributed by atoms with E-state index in [1.165, 1.54) is 0 Å². The van der Waals surface area contributed by atoms with Crippen molar-refractivity contribution >= 4 is 30.4 Å². The molecule has 0 aromatic carbocycles. The van der Waals surface area contributed by atoms with E-state index in [0.717, 1.165) is 0 Å². The molecule has 0 radical (unpaired) electrons. The Morgan fingerprint density at radius 1 is 0.667 bits per heavy atom. The highest BCUT2D eigenvalue weighted by atomic mass is 16.5. The summed E-state index contributed by atoms with van der Waals surface area (Å²) in [6, 6.07) is -0.948. The molecule has 2 unspecified atom stereocenters. The number of imide groups is 2. The number of aldehydes is 2. The highest BCUT2D eigenvalue weighted by Crippen LogP contribution is 2.38. The van der Waals surface area contributed by atoms with E-state index in [4.69, 9.17) is 9.47 Å². The van der Waals surface area contributed by atoms with Crippen LogP contribution in [0.3, 0.4) is 0 Å². The molecule has 0 aromatic heterocycles. The molecule has 3 heterocycles. The third-order valence-electron chi connectivity index (χ3n) is 7.77. The van der Waals surface area contributed by atoms with Crippen LogP contribution in [-0.2, 0) is 28.7 Å². The van der Waals surface area contributed by atoms with Crippen molar-refractivity contribution in [3.05, 3.63) is 0 Å². The number of urea groups is 1. The molecule has 3 aliphatic heterocycles. The summed E-state index contributed by atoms with van der Waals surface area (Å²) in [5.41, 5.74) is -2.93. The largest absolute Gasteiger partial charge is 0.367 e. The number of ether oxygens (including phenoxy) is 2. The summed E-state index contributed by atoms with van der Waals surface area (Å²) in [6.45, 7) is 16.4. The average Bonchev–Trinajstić information content (AvgIpc) is 2.71. The van der Waals surface area contributed by atoms with Gasteiger partial charge < -0.3 is 29.7 Å². The molecule has 0 saturated carbocycles. The third-order valence-corrected chi connectivity index (χ3v) is 7.77. The SMILES string of the molecule is CC1(C)CC(OC(C=O)CC2(CC(C=O)OC3CC(C)(C)NC(C)(C)C3)C(=O)NC(=O)NC2=O)CC(C)(C)N1. The summed E-state index contributed by atoms with van der Waals surface area (Å²) in [4.78, 5) is 62.9. The van der Waals surface area contributed by atoms with Crippen LogP contribution in [0.15, 0.2) is 0 Å². The molecule has 0 bridgehead atoms. The maximum Gasteiger partial charge on any atom is 0.328 e. The molecule has 2 atom stereocenters. The molecule has 3 saturated heterocycles. The van der Waals surface area contributed by atoms with Crippen LogP contribution in [0.2, 0.25) is 0 Å². The van der Waals surface area contributed by atoms with Gasteiger partial charge in [-0.1, -0.05) is 0 Å². The predicted molar refractivity (Wildman–Crippen MR) is 144 cm³/mol. The highest BCUT2D eigenvalue weighted by Gasteiger charge is 2.54. The molecule has 11 heteroatoms. The molecule has 11 nitrogen and oxygen atoms in total. The number of barbiturate groups is 1. The molecule has 4 N–H and O–H groups in total. The minimum absolute atomic E-state index is 0.254. The van der Waals surface area contributed by atoms with Gasteiger partial charge in [-0.05, 0) is 81.1 Å². The Morgan fingerprint density at radius 2 is 0.974 bits per heavy atom. The van der Waals surface area contributed by atoms with Gasteiger partial charge in [0.25, 0.3) is 0 Å². The minimum Gasteiger partial charge on any atom is -0.367 e. The molecule has 0 aromatic rings. The second-order valence-corrected chi connectivity index (χ2v) is 14.2. The molecule has 3 rings (SSSR count). The summed E-state index contributed by atoms with van der Waals surface area (Å²) >= 11 is 0. The Balaban J connectivity index is 1.84. The van der Waals surface area contributed by atoms with E-state index < -0.39 is 35.5 Å². The van der Waals surface area contributed by atoms with Crippen LogP contribution in [0.4, 0.5) is 4.79 Å². The van der Waals surface area contributed by atoms with Crippen molar-refractivity contribution in [3.63, 3.8) is 0 Å². The molecule has 0 aliphatic carbocycles. The standard InChI is InChI=1S/C28H46N4O7/c1-24(2)9-17(10-25(3,4)31-24)38-19(15-33)13-28(21(35)29-23(37)30-22(28)36)14-20(16-34)39-18-11-26(5,6)32-27(7,8)12-18/h15-20,31-32H,9-14H2,1-8H3,(H2,29,30,35,36,37). The summed E-state index contributed by atoms with van der Waals surface area (Å²) in [7, 11) is 0. The topological polar surface area (TPSA) is 152 Å². The Bertz CT molecular complexity index is 882. The number of rotatable bonds is 10. The van der Waals surface area contributed by atoms with Gasteiger partial charge >= 0.3 is 6.03 Å². The zero-order valence-corrected chi connectivity index (χ0v) is 24.6. The first-order valence-electron chi connectivity index (χ1n) is 13.8. The van der Waals surface area contributed by atoms with Crippen LogP contribution in [0.25, 0.3) is 0 Å². The fourth-order valence-electron chi connectivity index (χ4n) is 7.12. The lowest BCUT2D eigenvalue weighted by atomic mass is 9.74. The van der Waals surface area contributed by atoms with Gasteiger partial charge in [0.15, 0.2) is 0 Å². The smallest absolute Gasteiger partial charge is 0.328 e. The van der Waals surface area contributed by atoms with Crippen molar-refractivity contribution in [3.8, 4) is 0 Å². The number of nitrogens with one attached hydrogen (secondary N) is 4. The fourth-order valence-corrected chi connectivity index (χ4v) is 7.12. The van der Waals surface area contributed by atoms with Gasteiger partial charge in [0.1, 0.15) is 30.2 Å². The van der Waals surface area contributed by atoms with Crippen LogP contribution in [0.1, 0.15) is 93.9 Å². The molecular weight excluding hydrogens is 504 g/mol. The first kappa shape index (κ1) is 31.3. The number of carbonyl (C=O) groups is 5. The third kappa shape index (κ3) is 7.93. The van der Waals surface area contributed by atoms with Crippen molar-refractivity contribution in [1.82, 2.24) is 21.3 Å². The number of carbonyl (C=O) groups excluding carboxylic acids is 5. The van der Waals surface area contributed by atoms with E-state index >= 15 is 0 Å². The molecule has 0 spiro atoms. The number of amides is 4. The number of hydrogen-bond donors (Lipinski definition) is 4. The summed E-state index contributed by atoms with van der Waals surface area (Å²) in [6.07, 6.45) is 0.115. The Labute approximate surface area is 231 Å². The van der Waals surface area contributed by atoms with Crippen LogP contribution < -0.4 is 21.3 Å². The summed E-state index contributed by atoms with van der Waals surface area (Å²) in [5.74, 6) is -1.75. The fraction of sp³-hybridized carbons (Fsp3) is 0.821. The van der Waals surface area contributed by atoms with Crippen LogP contribution >= 0.6 is 0 Å². The van der Waals surface area contributed by atoms with E-state index in [9.17, 15) is 24.0 Å². The van der Waals surface area contributed by atoms with Crippen molar-refractivity contribution < 1.29 is 33.4 Å². The minimum atomic E-state index is -1.92. The van der Waals surface area contributed by atoms with Crippen LogP contribution in [-0.4, -0.2) is 77.0 Å². The molecular formula is C28H46N4O7. The van der Waals surface area contributed by atoms with E-state index in [1.807, 2.05) is 55.4 Å². The number of hydrogen-bond acceptors (Lipinski definition) is 9. The van der Waals surface area contributed by atoms with Gasteiger partial charge in [0.2, 0.25) is 11.8 Å². The van der Waals surface area contributed by atoms with Crippen molar-refractivity contribution in [1.29, 1.82) is 0 Å². The monoisotopic (exact) mass is 550 g/mol. The van der Waals surface area contributed by atoms with Crippen molar-refractivity contribution in [2.45, 2.75) is 140 Å². The lowest BCUT2D eigenvalue weighted by molar-refractivity contribution is -0.157. The highest BCUT2D eigenvalue weighted by molar-refractivity contribution is 6.19. The van der Waals surface area contributed by atoms with E-state index in [2.05, 4.69) is 21.3 Å². The maximum atomic E-state index is 13.3. The summed E-state index contributed by atoms with van der Waals surface area (Å²) in [5, 5.41) is 11.4. The number of piperidine rings is 2. The van der Waals surface area contributed by atoms with Gasteiger partial charge in [0.05, 0.1) is 12.2 Å².